The highest BCUT2D eigenvalue weighted by molar-refractivity contribution is 5.79. The van der Waals surface area contributed by atoms with Crippen molar-refractivity contribution in [2.75, 3.05) is 0 Å². The molecule has 0 bridgehead atoms. The Kier molecular flexibility index (Phi) is 2.85. The summed E-state index contributed by atoms with van der Waals surface area (Å²) in [6, 6.07) is 7.72. The fraction of sp³-hybridized carbons (Fsp3) is 0.364. The van der Waals surface area contributed by atoms with Crippen molar-refractivity contribution < 1.29 is 4.79 Å². The number of para-hydroxylation sites is 1. The van der Waals surface area contributed by atoms with Crippen LogP contribution in [-0.2, 0) is 11.3 Å². The Morgan fingerprint density at radius 3 is 2.94 bits per heavy atom. The minimum absolute atomic E-state index is 0.0503. The number of nitrogens with one attached hydrogen (secondary N) is 1. The van der Waals surface area contributed by atoms with Crippen molar-refractivity contribution in [1.29, 1.82) is 0 Å². The molecule has 1 aromatic carbocycles. The summed E-state index contributed by atoms with van der Waals surface area (Å²) < 4.78 is 1.60. The van der Waals surface area contributed by atoms with Gasteiger partial charge in [0.2, 0.25) is 5.91 Å². The third kappa shape index (κ3) is 2.18. The summed E-state index contributed by atoms with van der Waals surface area (Å²) in [5, 5.41) is 10.8. The van der Waals surface area contributed by atoms with E-state index in [1.807, 2.05) is 38.1 Å². The van der Waals surface area contributed by atoms with E-state index in [0.717, 1.165) is 11.0 Å². The van der Waals surface area contributed by atoms with Gasteiger partial charge in [0.05, 0.1) is 5.52 Å². The van der Waals surface area contributed by atoms with Crippen LogP contribution in [-0.4, -0.2) is 26.9 Å². The molecular weight excluding hydrogens is 204 g/mol. The summed E-state index contributed by atoms with van der Waals surface area (Å²) in [6.45, 7) is 4.06. The molecule has 0 aliphatic heterocycles. The van der Waals surface area contributed by atoms with Crippen molar-refractivity contribution in [3.8, 4) is 0 Å². The molecule has 0 spiro atoms. The zero-order chi connectivity index (χ0) is 11.5. The predicted molar refractivity (Wildman–Crippen MR) is 60.8 cm³/mol. The Bertz CT molecular complexity index is 503. The number of hydrogen-bond donors (Lipinski definition) is 1. The number of aromatic nitrogens is 3. The van der Waals surface area contributed by atoms with Gasteiger partial charge in [0.25, 0.3) is 0 Å². The molecule has 5 heteroatoms. The summed E-state index contributed by atoms with van der Waals surface area (Å²) in [5.74, 6) is -0.0503. The monoisotopic (exact) mass is 218 g/mol. The predicted octanol–water partition coefficient (Wildman–Crippen LogP) is 0.956. The molecule has 2 rings (SSSR count). The lowest BCUT2D eigenvalue weighted by Gasteiger charge is -2.07. The fourth-order valence-electron chi connectivity index (χ4n) is 1.54. The molecule has 0 radical (unpaired) electrons. The van der Waals surface area contributed by atoms with Gasteiger partial charge in [-0.25, -0.2) is 4.68 Å². The van der Waals surface area contributed by atoms with Gasteiger partial charge in [-0.05, 0) is 26.0 Å². The van der Waals surface area contributed by atoms with Gasteiger partial charge in [0.1, 0.15) is 12.1 Å². The number of rotatable bonds is 3. The average molecular weight is 218 g/mol. The molecule has 0 aliphatic carbocycles. The van der Waals surface area contributed by atoms with Gasteiger partial charge >= 0.3 is 0 Å². The molecule has 0 atom stereocenters. The quantitative estimate of drug-likeness (QED) is 0.834. The van der Waals surface area contributed by atoms with Crippen molar-refractivity contribution in [2.24, 2.45) is 0 Å². The number of carbonyl (C=O) groups is 1. The summed E-state index contributed by atoms with van der Waals surface area (Å²) in [5.41, 5.74) is 1.68. The first-order valence-electron chi connectivity index (χ1n) is 5.24. The van der Waals surface area contributed by atoms with Crippen LogP contribution in [0.2, 0.25) is 0 Å². The topological polar surface area (TPSA) is 59.8 Å². The Hall–Kier alpha value is -1.91. The molecule has 0 saturated heterocycles. The van der Waals surface area contributed by atoms with Crippen LogP contribution in [0.25, 0.3) is 11.0 Å². The summed E-state index contributed by atoms with van der Waals surface area (Å²) in [6.07, 6.45) is 0. The van der Waals surface area contributed by atoms with E-state index >= 15 is 0 Å². The van der Waals surface area contributed by atoms with E-state index < -0.39 is 0 Å². The maximum atomic E-state index is 11.6. The molecule has 1 amide bonds. The van der Waals surface area contributed by atoms with Gasteiger partial charge in [0, 0.05) is 6.04 Å². The number of hydrogen-bond acceptors (Lipinski definition) is 3. The van der Waals surface area contributed by atoms with Gasteiger partial charge in [0.15, 0.2) is 0 Å². The number of carbonyl (C=O) groups excluding carboxylic acids is 1. The van der Waals surface area contributed by atoms with Crippen molar-refractivity contribution in [3.63, 3.8) is 0 Å². The van der Waals surface area contributed by atoms with Crippen LogP contribution in [0, 0.1) is 0 Å². The van der Waals surface area contributed by atoms with E-state index in [1.165, 1.54) is 0 Å². The van der Waals surface area contributed by atoms with Crippen LogP contribution in [0.5, 0.6) is 0 Å². The van der Waals surface area contributed by atoms with E-state index in [1.54, 1.807) is 4.68 Å². The molecule has 0 unspecified atom stereocenters. The normalized spacial score (nSPS) is 10.9. The molecule has 1 aromatic heterocycles. The summed E-state index contributed by atoms with van der Waals surface area (Å²) >= 11 is 0. The van der Waals surface area contributed by atoms with Gasteiger partial charge in [-0.2, -0.15) is 0 Å². The van der Waals surface area contributed by atoms with Gasteiger partial charge < -0.3 is 5.32 Å². The second-order valence-corrected chi connectivity index (χ2v) is 3.96. The van der Waals surface area contributed by atoms with Crippen molar-refractivity contribution in [2.45, 2.75) is 26.4 Å². The zero-order valence-electron chi connectivity index (χ0n) is 9.34. The van der Waals surface area contributed by atoms with Crippen LogP contribution in [0.3, 0.4) is 0 Å². The first-order chi connectivity index (χ1) is 7.66. The second kappa shape index (κ2) is 4.30. The zero-order valence-corrected chi connectivity index (χ0v) is 9.34. The average Bonchev–Trinajstić information content (AvgIpc) is 2.61. The lowest BCUT2D eigenvalue weighted by molar-refractivity contribution is -0.122. The highest BCUT2D eigenvalue weighted by atomic mass is 16.2. The number of amides is 1. The molecule has 1 N–H and O–H groups in total. The Labute approximate surface area is 93.4 Å². The molecule has 2 aromatic rings. The van der Waals surface area contributed by atoms with Crippen LogP contribution >= 0.6 is 0 Å². The maximum absolute atomic E-state index is 11.6. The molecule has 84 valence electrons. The van der Waals surface area contributed by atoms with Gasteiger partial charge in [-0.3, -0.25) is 4.79 Å². The van der Waals surface area contributed by atoms with Crippen LogP contribution in [0.4, 0.5) is 0 Å². The van der Waals surface area contributed by atoms with E-state index in [-0.39, 0.29) is 18.5 Å². The van der Waals surface area contributed by atoms with Crippen LogP contribution in [0.15, 0.2) is 24.3 Å². The first kappa shape index (κ1) is 10.6. The molecule has 0 saturated carbocycles. The number of fused-ring (bicyclic) bond motifs is 1. The van der Waals surface area contributed by atoms with Crippen molar-refractivity contribution in [3.05, 3.63) is 24.3 Å². The number of benzene rings is 1. The third-order valence-corrected chi connectivity index (χ3v) is 2.16. The van der Waals surface area contributed by atoms with E-state index in [4.69, 9.17) is 0 Å². The Morgan fingerprint density at radius 1 is 1.44 bits per heavy atom. The van der Waals surface area contributed by atoms with E-state index in [2.05, 4.69) is 15.6 Å². The number of nitrogens with zero attached hydrogens (tertiary/aromatic N) is 3. The lowest BCUT2D eigenvalue weighted by atomic mass is 10.3. The molecule has 0 fully saturated rings. The van der Waals surface area contributed by atoms with Crippen LogP contribution in [0.1, 0.15) is 13.8 Å². The van der Waals surface area contributed by atoms with Crippen LogP contribution < -0.4 is 5.32 Å². The Balaban J connectivity index is 2.18. The Morgan fingerprint density at radius 2 is 2.19 bits per heavy atom. The smallest absolute Gasteiger partial charge is 0.242 e. The minimum Gasteiger partial charge on any atom is -0.352 e. The maximum Gasteiger partial charge on any atom is 0.242 e. The molecule has 5 nitrogen and oxygen atoms in total. The van der Waals surface area contributed by atoms with E-state index in [9.17, 15) is 4.79 Å². The molecule has 16 heavy (non-hydrogen) atoms. The highest BCUT2D eigenvalue weighted by Crippen LogP contribution is 2.08. The minimum atomic E-state index is -0.0503. The first-order valence-corrected chi connectivity index (χ1v) is 5.24. The highest BCUT2D eigenvalue weighted by Gasteiger charge is 2.08. The largest absolute Gasteiger partial charge is 0.352 e. The molecular formula is C11H14N4O. The molecule has 0 aliphatic rings. The summed E-state index contributed by atoms with van der Waals surface area (Å²) in [4.78, 5) is 11.6. The second-order valence-electron chi connectivity index (χ2n) is 3.96. The van der Waals surface area contributed by atoms with Gasteiger partial charge in [-0.1, -0.05) is 17.3 Å². The van der Waals surface area contributed by atoms with Crippen molar-refractivity contribution >= 4 is 16.9 Å². The fourth-order valence-corrected chi connectivity index (χ4v) is 1.54. The van der Waals surface area contributed by atoms with Crippen molar-refractivity contribution in [1.82, 2.24) is 20.3 Å². The standard InChI is InChI=1S/C11H14N4O/c1-8(2)12-11(16)7-15-10-6-4-3-5-9(10)13-14-15/h3-6,8H,7H2,1-2H3,(H,12,16). The van der Waals surface area contributed by atoms with Gasteiger partial charge in [-0.15, -0.1) is 5.10 Å². The third-order valence-electron chi connectivity index (χ3n) is 2.16. The summed E-state index contributed by atoms with van der Waals surface area (Å²) in [7, 11) is 0. The van der Waals surface area contributed by atoms with E-state index in [0.29, 0.717) is 0 Å². The lowest BCUT2D eigenvalue weighted by Crippen LogP contribution is -2.33. The molecule has 1 heterocycles. The SMILES string of the molecule is CC(C)NC(=O)Cn1nnc2ccccc21.